The van der Waals surface area contributed by atoms with Gasteiger partial charge in [-0.2, -0.15) is 0 Å². The minimum absolute atomic E-state index is 0.00603. The van der Waals surface area contributed by atoms with Crippen molar-refractivity contribution in [2.24, 2.45) is 0 Å². The van der Waals surface area contributed by atoms with E-state index in [-0.39, 0.29) is 12.1 Å². The summed E-state index contributed by atoms with van der Waals surface area (Å²) in [6.45, 7) is 2.59. The van der Waals surface area contributed by atoms with Crippen LogP contribution in [0.4, 0.5) is 16.2 Å². The minimum Gasteiger partial charge on any atom is -0.497 e. The largest absolute Gasteiger partial charge is 0.497 e. The number of methoxy groups -OCH3 is 1. The van der Waals surface area contributed by atoms with Crippen molar-refractivity contribution >= 4 is 17.4 Å². The first-order valence-electron chi connectivity index (χ1n) is 7.69. The quantitative estimate of drug-likeness (QED) is 0.935. The van der Waals surface area contributed by atoms with Crippen LogP contribution in [0.25, 0.3) is 0 Å². The minimum atomic E-state index is -0.163. The number of para-hydroxylation sites is 2. The van der Waals surface area contributed by atoms with Gasteiger partial charge in [-0.25, -0.2) is 4.79 Å². The van der Waals surface area contributed by atoms with Crippen molar-refractivity contribution in [3.8, 4) is 11.5 Å². The van der Waals surface area contributed by atoms with Crippen LogP contribution in [0.15, 0.2) is 48.5 Å². The molecule has 0 radical (unpaired) electrons. The molecule has 2 amide bonds. The predicted octanol–water partition coefficient (Wildman–Crippen LogP) is 3.90. The Morgan fingerprint density at radius 3 is 2.70 bits per heavy atom. The van der Waals surface area contributed by atoms with E-state index in [1.165, 1.54) is 0 Å². The average molecular weight is 312 g/mol. The van der Waals surface area contributed by atoms with Crippen LogP contribution < -0.4 is 19.7 Å². The topological polar surface area (TPSA) is 50.8 Å². The molecule has 0 bridgehead atoms. The summed E-state index contributed by atoms with van der Waals surface area (Å²) < 4.78 is 11.0. The lowest BCUT2D eigenvalue weighted by molar-refractivity contribution is 0.188. The van der Waals surface area contributed by atoms with Gasteiger partial charge in [0, 0.05) is 5.69 Å². The Kier molecular flexibility index (Phi) is 4.37. The number of nitrogens with one attached hydrogen (secondary N) is 1. The van der Waals surface area contributed by atoms with E-state index in [1.54, 1.807) is 12.0 Å². The molecule has 2 aromatic carbocycles. The predicted molar refractivity (Wildman–Crippen MR) is 90.5 cm³/mol. The zero-order valence-corrected chi connectivity index (χ0v) is 13.3. The van der Waals surface area contributed by atoms with Crippen LogP contribution in [-0.2, 0) is 0 Å². The number of fused-ring (bicyclic) bond motifs is 1. The second-order valence-corrected chi connectivity index (χ2v) is 5.39. The Bertz CT molecular complexity index is 685. The monoisotopic (exact) mass is 312 g/mol. The third kappa shape index (κ3) is 3.23. The highest BCUT2D eigenvalue weighted by Crippen LogP contribution is 2.34. The summed E-state index contributed by atoms with van der Waals surface area (Å²) in [5.74, 6) is 1.50. The third-order valence-electron chi connectivity index (χ3n) is 3.88. The van der Waals surface area contributed by atoms with E-state index >= 15 is 0 Å². The maximum Gasteiger partial charge on any atom is 0.326 e. The van der Waals surface area contributed by atoms with Crippen molar-refractivity contribution < 1.29 is 14.3 Å². The third-order valence-corrected chi connectivity index (χ3v) is 3.88. The van der Waals surface area contributed by atoms with E-state index in [2.05, 4.69) is 12.2 Å². The maximum atomic E-state index is 12.7. The molecule has 1 N–H and O–H groups in total. The molecule has 5 heteroatoms. The smallest absolute Gasteiger partial charge is 0.326 e. The van der Waals surface area contributed by atoms with Crippen LogP contribution in [0.2, 0.25) is 0 Å². The maximum absolute atomic E-state index is 12.7. The number of hydrogen-bond donors (Lipinski definition) is 1. The van der Waals surface area contributed by atoms with Crippen LogP contribution >= 0.6 is 0 Å². The molecule has 120 valence electrons. The summed E-state index contributed by atoms with van der Waals surface area (Å²) in [5, 5.41) is 2.92. The van der Waals surface area contributed by atoms with E-state index in [9.17, 15) is 4.79 Å². The molecule has 1 heterocycles. The standard InChI is InChI=1S/C18H20N2O3/c1-3-14-12-20(16-6-4-5-7-17(16)23-14)18(21)19-13-8-10-15(22-2)11-9-13/h4-11,14H,3,12H2,1-2H3,(H,19,21)/t14-/m0/s1. The Hall–Kier alpha value is -2.69. The second kappa shape index (κ2) is 6.60. The molecule has 0 aromatic heterocycles. The number of nitrogens with zero attached hydrogens (tertiary/aromatic N) is 1. The van der Waals surface area contributed by atoms with Gasteiger partial charge in [-0.05, 0) is 42.8 Å². The zero-order valence-electron chi connectivity index (χ0n) is 13.3. The number of benzene rings is 2. The molecule has 3 rings (SSSR count). The fourth-order valence-corrected chi connectivity index (χ4v) is 2.57. The van der Waals surface area contributed by atoms with Crippen LogP contribution in [0.3, 0.4) is 0 Å². The number of hydrogen-bond acceptors (Lipinski definition) is 3. The Balaban J connectivity index is 1.80. The normalized spacial score (nSPS) is 16.3. The molecule has 1 aliphatic heterocycles. The van der Waals surface area contributed by atoms with Gasteiger partial charge in [0.2, 0.25) is 0 Å². The van der Waals surface area contributed by atoms with E-state index in [4.69, 9.17) is 9.47 Å². The van der Waals surface area contributed by atoms with Gasteiger partial charge < -0.3 is 14.8 Å². The Labute approximate surface area is 135 Å². The molecule has 2 aromatic rings. The molecule has 0 saturated heterocycles. The molecule has 0 unspecified atom stereocenters. The lowest BCUT2D eigenvalue weighted by atomic mass is 10.1. The fourth-order valence-electron chi connectivity index (χ4n) is 2.57. The van der Waals surface area contributed by atoms with Gasteiger partial charge in [-0.3, -0.25) is 4.90 Å². The highest BCUT2D eigenvalue weighted by Gasteiger charge is 2.28. The highest BCUT2D eigenvalue weighted by molar-refractivity contribution is 6.03. The Morgan fingerprint density at radius 1 is 1.26 bits per heavy atom. The molecule has 0 spiro atoms. The van der Waals surface area contributed by atoms with E-state index < -0.39 is 0 Å². The number of amides is 2. The molecular weight excluding hydrogens is 292 g/mol. The van der Waals surface area contributed by atoms with Crippen molar-refractivity contribution in [2.75, 3.05) is 23.9 Å². The molecular formula is C18H20N2O3. The van der Waals surface area contributed by atoms with Gasteiger partial charge in [-0.15, -0.1) is 0 Å². The van der Waals surface area contributed by atoms with E-state index in [0.717, 1.165) is 29.3 Å². The van der Waals surface area contributed by atoms with Crippen LogP contribution in [0, 0.1) is 0 Å². The van der Waals surface area contributed by atoms with Crippen LogP contribution in [0.5, 0.6) is 11.5 Å². The summed E-state index contributed by atoms with van der Waals surface area (Å²) in [6, 6.07) is 14.7. The molecule has 5 nitrogen and oxygen atoms in total. The lowest BCUT2D eigenvalue weighted by Crippen LogP contribution is -2.45. The number of carbonyl (C=O) groups excluding carboxylic acids is 1. The van der Waals surface area contributed by atoms with Crippen molar-refractivity contribution in [3.63, 3.8) is 0 Å². The molecule has 1 aliphatic rings. The van der Waals surface area contributed by atoms with Crippen LogP contribution in [0.1, 0.15) is 13.3 Å². The molecule has 0 aliphatic carbocycles. The molecule has 0 saturated carbocycles. The summed E-state index contributed by atoms with van der Waals surface area (Å²) in [7, 11) is 1.61. The number of anilines is 2. The van der Waals surface area contributed by atoms with Gasteiger partial charge in [0.05, 0.1) is 19.3 Å². The van der Waals surface area contributed by atoms with Crippen molar-refractivity contribution in [1.82, 2.24) is 0 Å². The second-order valence-electron chi connectivity index (χ2n) is 5.39. The fraction of sp³-hybridized carbons (Fsp3) is 0.278. The highest BCUT2D eigenvalue weighted by atomic mass is 16.5. The summed E-state index contributed by atoms with van der Waals surface area (Å²) in [4.78, 5) is 14.4. The van der Waals surface area contributed by atoms with Gasteiger partial charge in [0.1, 0.15) is 17.6 Å². The zero-order chi connectivity index (χ0) is 16.2. The number of carbonyl (C=O) groups is 1. The SMILES string of the molecule is CC[C@H]1CN(C(=O)Nc2ccc(OC)cc2)c2ccccc2O1. The first kappa shape index (κ1) is 15.2. The van der Waals surface area contributed by atoms with E-state index in [0.29, 0.717) is 6.54 Å². The van der Waals surface area contributed by atoms with Crippen LogP contribution in [-0.4, -0.2) is 25.8 Å². The van der Waals surface area contributed by atoms with Gasteiger partial charge in [0.25, 0.3) is 0 Å². The van der Waals surface area contributed by atoms with Gasteiger partial charge >= 0.3 is 6.03 Å². The van der Waals surface area contributed by atoms with Gasteiger partial charge in [-0.1, -0.05) is 19.1 Å². The number of ether oxygens (including phenoxy) is 2. The first-order valence-corrected chi connectivity index (χ1v) is 7.69. The molecule has 23 heavy (non-hydrogen) atoms. The lowest BCUT2D eigenvalue weighted by Gasteiger charge is -2.34. The number of urea groups is 1. The van der Waals surface area contributed by atoms with Crippen molar-refractivity contribution in [1.29, 1.82) is 0 Å². The molecule has 0 fully saturated rings. The summed E-state index contributed by atoms with van der Waals surface area (Å²) in [5.41, 5.74) is 1.52. The van der Waals surface area contributed by atoms with Crippen molar-refractivity contribution in [2.45, 2.75) is 19.4 Å². The molecule has 1 atom stereocenters. The average Bonchev–Trinajstić information content (AvgIpc) is 2.61. The van der Waals surface area contributed by atoms with Gasteiger partial charge in [0.15, 0.2) is 0 Å². The summed E-state index contributed by atoms with van der Waals surface area (Å²) >= 11 is 0. The number of rotatable bonds is 3. The summed E-state index contributed by atoms with van der Waals surface area (Å²) in [6.07, 6.45) is 0.854. The van der Waals surface area contributed by atoms with E-state index in [1.807, 2.05) is 48.5 Å². The first-order chi connectivity index (χ1) is 11.2. The van der Waals surface area contributed by atoms with Crippen molar-refractivity contribution in [3.05, 3.63) is 48.5 Å². The Morgan fingerprint density at radius 2 is 2.00 bits per heavy atom.